The van der Waals surface area contributed by atoms with Crippen molar-refractivity contribution in [3.63, 3.8) is 0 Å². The van der Waals surface area contributed by atoms with Crippen LogP contribution >= 0.6 is 0 Å². The first-order chi connectivity index (χ1) is 12.6. The van der Waals surface area contributed by atoms with Crippen LogP contribution in [-0.2, 0) is 0 Å². The zero-order chi connectivity index (χ0) is 18.2. The minimum atomic E-state index is 0.429. The van der Waals surface area contributed by atoms with Gasteiger partial charge in [0.1, 0.15) is 0 Å². The molecule has 26 heavy (non-hydrogen) atoms. The monoisotopic (exact) mass is 353 g/mol. The zero-order valence-corrected chi connectivity index (χ0v) is 17.3. The van der Waals surface area contributed by atoms with Gasteiger partial charge >= 0.3 is 0 Å². The van der Waals surface area contributed by atoms with Gasteiger partial charge in [0.25, 0.3) is 0 Å². The highest BCUT2D eigenvalue weighted by molar-refractivity contribution is 5.59. The number of aliphatic imine (C=N–C) groups is 1. The molecule has 0 spiro atoms. The van der Waals surface area contributed by atoms with Crippen LogP contribution in [0, 0.1) is 34.5 Å². The van der Waals surface area contributed by atoms with Crippen molar-refractivity contribution in [3.05, 3.63) is 23.8 Å². The van der Waals surface area contributed by atoms with Gasteiger partial charge in [-0.05, 0) is 98.5 Å². The molecule has 0 saturated heterocycles. The van der Waals surface area contributed by atoms with E-state index in [4.69, 9.17) is 4.99 Å². The lowest BCUT2D eigenvalue weighted by molar-refractivity contribution is -0.0170. The summed E-state index contributed by atoms with van der Waals surface area (Å²) in [6.07, 6.45) is 23.7. The summed E-state index contributed by atoms with van der Waals surface area (Å²) in [6, 6.07) is 0. The molecule has 5 atom stereocenters. The average molecular weight is 354 g/mol. The van der Waals surface area contributed by atoms with Gasteiger partial charge in [0, 0.05) is 6.54 Å². The highest BCUT2D eigenvalue weighted by Crippen LogP contribution is 2.64. The van der Waals surface area contributed by atoms with Crippen LogP contribution in [0.4, 0.5) is 0 Å². The molecule has 0 aromatic carbocycles. The van der Waals surface area contributed by atoms with Crippen molar-refractivity contribution in [2.45, 2.75) is 85.0 Å². The second-order valence-electron chi connectivity index (χ2n) is 10.4. The molecule has 2 fully saturated rings. The molecule has 0 N–H and O–H groups in total. The normalized spacial score (nSPS) is 41.8. The van der Waals surface area contributed by atoms with E-state index in [9.17, 15) is 0 Å². The Bertz CT molecular complexity index is 597. The number of rotatable bonds is 5. The van der Waals surface area contributed by atoms with Crippen molar-refractivity contribution >= 4 is 6.21 Å². The Hall–Kier alpha value is -0.850. The quantitative estimate of drug-likeness (QED) is 0.373. The van der Waals surface area contributed by atoms with E-state index in [-0.39, 0.29) is 0 Å². The SMILES string of the molecule is CC(C)CC/N=C\C[C@@]12C=CC[C@H]1[C@@H]1CC=C3CCCC[C@]3(C)[C@H]1CC2. The molecule has 0 aromatic heterocycles. The molecule has 144 valence electrons. The lowest BCUT2D eigenvalue weighted by atomic mass is 9.47. The maximum Gasteiger partial charge on any atom is 0.0387 e. The fraction of sp³-hybridized carbons (Fsp3) is 0.800. The Morgan fingerprint density at radius 1 is 1.19 bits per heavy atom. The summed E-state index contributed by atoms with van der Waals surface area (Å²) in [4.78, 5) is 4.77. The van der Waals surface area contributed by atoms with Gasteiger partial charge in [-0.2, -0.15) is 0 Å². The fourth-order valence-electron chi connectivity index (χ4n) is 6.99. The predicted molar refractivity (Wildman–Crippen MR) is 113 cm³/mol. The molecular weight excluding hydrogens is 314 g/mol. The highest BCUT2D eigenvalue weighted by atomic mass is 14.7. The van der Waals surface area contributed by atoms with Crippen molar-refractivity contribution in [2.75, 3.05) is 6.54 Å². The molecule has 4 aliphatic rings. The summed E-state index contributed by atoms with van der Waals surface area (Å²) in [5.74, 6) is 3.49. The van der Waals surface area contributed by atoms with Crippen LogP contribution in [0.15, 0.2) is 28.8 Å². The van der Waals surface area contributed by atoms with Crippen LogP contribution in [0.5, 0.6) is 0 Å². The Morgan fingerprint density at radius 2 is 2.08 bits per heavy atom. The number of hydrogen-bond donors (Lipinski definition) is 0. The van der Waals surface area contributed by atoms with E-state index in [0.29, 0.717) is 10.8 Å². The first-order valence-corrected chi connectivity index (χ1v) is 11.4. The van der Waals surface area contributed by atoms with Crippen LogP contribution in [0.1, 0.15) is 85.0 Å². The molecule has 0 unspecified atom stereocenters. The van der Waals surface area contributed by atoms with Crippen molar-refractivity contribution in [3.8, 4) is 0 Å². The summed E-state index contributed by atoms with van der Waals surface area (Å²) in [5, 5.41) is 0. The van der Waals surface area contributed by atoms with Crippen molar-refractivity contribution in [2.24, 2.45) is 39.5 Å². The van der Waals surface area contributed by atoms with Crippen molar-refractivity contribution in [1.29, 1.82) is 0 Å². The third kappa shape index (κ3) is 3.14. The fourth-order valence-corrected chi connectivity index (χ4v) is 6.99. The summed E-state index contributed by atoms with van der Waals surface area (Å²) in [5.41, 5.74) is 2.79. The van der Waals surface area contributed by atoms with Crippen LogP contribution in [0.2, 0.25) is 0 Å². The summed E-state index contributed by atoms with van der Waals surface area (Å²) < 4.78 is 0. The average Bonchev–Trinajstić information content (AvgIpc) is 3.05. The van der Waals surface area contributed by atoms with E-state index in [2.05, 4.69) is 45.2 Å². The molecule has 0 aromatic rings. The summed E-state index contributed by atoms with van der Waals surface area (Å²) in [6.45, 7) is 8.22. The van der Waals surface area contributed by atoms with E-state index in [1.54, 1.807) is 0 Å². The van der Waals surface area contributed by atoms with Crippen molar-refractivity contribution < 1.29 is 0 Å². The molecule has 4 rings (SSSR count). The molecule has 0 bridgehead atoms. The summed E-state index contributed by atoms with van der Waals surface area (Å²) >= 11 is 0. The van der Waals surface area contributed by atoms with Crippen LogP contribution < -0.4 is 0 Å². The van der Waals surface area contributed by atoms with Gasteiger partial charge < -0.3 is 0 Å². The topological polar surface area (TPSA) is 12.4 Å². The molecule has 0 heterocycles. The van der Waals surface area contributed by atoms with Gasteiger partial charge in [-0.25, -0.2) is 0 Å². The van der Waals surface area contributed by atoms with Crippen LogP contribution in [0.25, 0.3) is 0 Å². The molecule has 1 heteroatoms. The summed E-state index contributed by atoms with van der Waals surface area (Å²) in [7, 11) is 0. The first-order valence-electron chi connectivity index (χ1n) is 11.4. The standard InChI is InChI=1S/C25H39N/c1-19(2)12-17-26-18-16-25-14-6-8-23(25)21-10-9-20-7-4-5-13-24(20,3)22(21)11-15-25/h6,9,14,18-19,21-23H,4-5,7-8,10-13,15-17H2,1-3H3/b26-18-/t21-,22+,23+,24+,25+/m1/s1. The largest absolute Gasteiger partial charge is 0.297 e. The predicted octanol–water partition coefficient (Wildman–Crippen LogP) is 6.99. The van der Waals surface area contributed by atoms with E-state index < -0.39 is 0 Å². The Balaban J connectivity index is 1.49. The number of fused-ring (bicyclic) bond motifs is 5. The van der Waals surface area contributed by atoms with Crippen LogP contribution in [0.3, 0.4) is 0 Å². The lowest BCUT2D eigenvalue weighted by Gasteiger charge is -2.57. The Morgan fingerprint density at radius 3 is 2.92 bits per heavy atom. The molecule has 0 aliphatic heterocycles. The molecule has 0 amide bonds. The minimum Gasteiger partial charge on any atom is -0.297 e. The Labute approximate surface area is 161 Å². The van der Waals surface area contributed by atoms with E-state index in [1.165, 1.54) is 64.2 Å². The number of allylic oxidation sites excluding steroid dienone is 4. The first kappa shape index (κ1) is 18.5. The number of hydrogen-bond acceptors (Lipinski definition) is 1. The van der Waals surface area contributed by atoms with Gasteiger partial charge in [0.2, 0.25) is 0 Å². The van der Waals surface area contributed by atoms with Crippen LogP contribution in [-0.4, -0.2) is 12.8 Å². The molecule has 1 nitrogen and oxygen atoms in total. The van der Waals surface area contributed by atoms with Gasteiger partial charge in [-0.3, -0.25) is 4.99 Å². The minimum absolute atomic E-state index is 0.429. The maximum atomic E-state index is 4.77. The van der Waals surface area contributed by atoms with Gasteiger partial charge in [0.05, 0.1) is 0 Å². The molecule has 2 saturated carbocycles. The molecule has 0 radical (unpaired) electrons. The van der Waals surface area contributed by atoms with E-state index in [1.807, 2.05) is 5.57 Å². The second-order valence-corrected chi connectivity index (χ2v) is 10.4. The molecule has 4 aliphatic carbocycles. The van der Waals surface area contributed by atoms with E-state index in [0.717, 1.165) is 30.2 Å². The zero-order valence-electron chi connectivity index (χ0n) is 17.3. The van der Waals surface area contributed by atoms with Gasteiger partial charge in [-0.15, -0.1) is 0 Å². The second kappa shape index (κ2) is 7.28. The third-order valence-corrected chi connectivity index (χ3v) is 8.55. The highest BCUT2D eigenvalue weighted by Gasteiger charge is 2.55. The van der Waals surface area contributed by atoms with Gasteiger partial charge in [0.15, 0.2) is 0 Å². The molecular formula is C25H39N. The van der Waals surface area contributed by atoms with E-state index >= 15 is 0 Å². The van der Waals surface area contributed by atoms with Gasteiger partial charge in [-0.1, -0.05) is 51.0 Å². The lowest BCUT2D eigenvalue weighted by Crippen LogP contribution is -2.49. The smallest absolute Gasteiger partial charge is 0.0387 e. The third-order valence-electron chi connectivity index (χ3n) is 8.55. The Kier molecular flexibility index (Phi) is 5.19. The number of nitrogens with zero attached hydrogens (tertiary/aromatic N) is 1. The van der Waals surface area contributed by atoms with Crippen molar-refractivity contribution in [1.82, 2.24) is 0 Å². The maximum absolute atomic E-state index is 4.77.